The maximum absolute atomic E-state index is 12.5. The van der Waals surface area contributed by atoms with Crippen molar-refractivity contribution < 1.29 is 13.9 Å². The highest BCUT2D eigenvalue weighted by Gasteiger charge is 2.26. The number of hydrogen-bond acceptors (Lipinski definition) is 4. The lowest BCUT2D eigenvalue weighted by Crippen LogP contribution is -2.51. The van der Waals surface area contributed by atoms with E-state index in [0.29, 0.717) is 23.9 Å². The second kappa shape index (κ2) is 7.73. The highest BCUT2D eigenvalue weighted by atomic mass is 35.5. The molecule has 1 amide bonds. The number of carbonyl (C=O) groups is 1. The van der Waals surface area contributed by atoms with Crippen molar-refractivity contribution in [3.8, 4) is 5.75 Å². The lowest BCUT2D eigenvalue weighted by molar-refractivity contribution is -0.139. The van der Waals surface area contributed by atoms with E-state index < -0.39 is 6.10 Å². The van der Waals surface area contributed by atoms with Crippen LogP contribution in [0, 0.1) is 0 Å². The van der Waals surface area contributed by atoms with Crippen LogP contribution in [-0.2, 0) is 11.3 Å². The van der Waals surface area contributed by atoms with Crippen LogP contribution in [0.15, 0.2) is 47.1 Å². The van der Waals surface area contributed by atoms with Gasteiger partial charge in [0.15, 0.2) is 6.10 Å². The molecular weight excluding hydrogens is 328 g/mol. The SMILES string of the molecule is C[C@H](Oc1cccc(Cl)c1)C(=O)N1CCN(Cc2ccco2)CC1. The van der Waals surface area contributed by atoms with Gasteiger partial charge in [0, 0.05) is 31.2 Å². The summed E-state index contributed by atoms with van der Waals surface area (Å²) in [4.78, 5) is 16.7. The number of ether oxygens (including phenoxy) is 1. The van der Waals surface area contributed by atoms with Gasteiger partial charge in [-0.2, -0.15) is 0 Å². The van der Waals surface area contributed by atoms with Crippen LogP contribution in [0.5, 0.6) is 5.75 Å². The first-order chi connectivity index (χ1) is 11.6. The van der Waals surface area contributed by atoms with Crippen LogP contribution in [0.2, 0.25) is 5.02 Å². The molecule has 2 aromatic rings. The number of hydrogen-bond donors (Lipinski definition) is 0. The van der Waals surface area contributed by atoms with E-state index in [-0.39, 0.29) is 5.91 Å². The molecule has 1 aromatic carbocycles. The maximum Gasteiger partial charge on any atom is 0.263 e. The molecule has 24 heavy (non-hydrogen) atoms. The molecule has 0 unspecified atom stereocenters. The molecule has 6 heteroatoms. The van der Waals surface area contributed by atoms with E-state index >= 15 is 0 Å². The summed E-state index contributed by atoms with van der Waals surface area (Å²) >= 11 is 5.94. The average Bonchev–Trinajstić information content (AvgIpc) is 3.08. The average molecular weight is 349 g/mol. The summed E-state index contributed by atoms with van der Waals surface area (Å²) in [6.45, 7) is 5.61. The molecule has 1 saturated heterocycles. The van der Waals surface area contributed by atoms with Crippen molar-refractivity contribution in [3.63, 3.8) is 0 Å². The van der Waals surface area contributed by atoms with Crippen LogP contribution in [-0.4, -0.2) is 48.0 Å². The van der Waals surface area contributed by atoms with Gasteiger partial charge in [-0.25, -0.2) is 0 Å². The molecule has 1 atom stereocenters. The van der Waals surface area contributed by atoms with E-state index in [9.17, 15) is 4.79 Å². The summed E-state index contributed by atoms with van der Waals surface area (Å²) in [5.74, 6) is 1.57. The van der Waals surface area contributed by atoms with Crippen LogP contribution < -0.4 is 4.74 Å². The molecule has 3 rings (SSSR count). The van der Waals surface area contributed by atoms with Gasteiger partial charge in [0.2, 0.25) is 0 Å². The van der Waals surface area contributed by atoms with Gasteiger partial charge in [0.1, 0.15) is 11.5 Å². The summed E-state index contributed by atoms with van der Waals surface area (Å²) in [7, 11) is 0. The molecule has 0 bridgehead atoms. The fourth-order valence-corrected chi connectivity index (χ4v) is 2.98. The van der Waals surface area contributed by atoms with E-state index in [2.05, 4.69) is 4.90 Å². The van der Waals surface area contributed by atoms with Crippen molar-refractivity contribution in [1.82, 2.24) is 9.80 Å². The van der Waals surface area contributed by atoms with E-state index in [4.69, 9.17) is 20.8 Å². The molecule has 0 aliphatic carbocycles. The van der Waals surface area contributed by atoms with Crippen molar-refractivity contribution >= 4 is 17.5 Å². The Morgan fingerprint density at radius 2 is 2.04 bits per heavy atom. The Hall–Kier alpha value is -1.98. The largest absolute Gasteiger partial charge is 0.481 e. The van der Waals surface area contributed by atoms with Gasteiger partial charge in [-0.15, -0.1) is 0 Å². The van der Waals surface area contributed by atoms with E-state index in [1.165, 1.54) is 0 Å². The summed E-state index contributed by atoms with van der Waals surface area (Å²) < 4.78 is 11.1. The van der Waals surface area contributed by atoms with Crippen molar-refractivity contribution in [2.45, 2.75) is 19.6 Å². The van der Waals surface area contributed by atoms with Crippen molar-refractivity contribution in [1.29, 1.82) is 0 Å². The predicted molar refractivity (Wildman–Crippen MR) is 92.1 cm³/mol. The number of amides is 1. The third kappa shape index (κ3) is 4.30. The minimum Gasteiger partial charge on any atom is -0.481 e. The zero-order valence-electron chi connectivity index (χ0n) is 13.7. The lowest BCUT2D eigenvalue weighted by atomic mass is 10.2. The number of piperazine rings is 1. The highest BCUT2D eigenvalue weighted by molar-refractivity contribution is 6.30. The minimum atomic E-state index is -0.528. The van der Waals surface area contributed by atoms with Crippen molar-refractivity contribution in [2.75, 3.05) is 26.2 Å². The Morgan fingerprint density at radius 3 is 2.71 bits per heavy atom. The van der Waals surface area contributed by atoms with Crippen LogP contribution in [0.4, 0.5) is 0 Å². The van der Waals surface area contributed by atoms with Crippen LogP contribution in [0.1, 0.15) is 12.7 Å². The van der Waals surface area contributed by atoms with Crippen LogP contribution in [0.3, 0.4) is 0 Å². The topological polar surface area (TPSA) is 45.9 Å². The van der Waals surface area contributed by atoms with E-state index in [1.807, 2.05) is 23.1 Å². The molecule has 0 saturated carbocycles. The minimum absolute atomic E-state index is 0.00706. The van der Waals surface area contributed by atoms with Crippen LogP contribution >= 0.6 is 11.6 Å². The number of rotatable bonds is 5. The molecule has 5 nitrogen and oxygen atoms in total. The first-order valence-electron chi connectivity index (χ1n) is 8.07. The van der Waals surface area contributed by atoms with Gasteiger partial charge in [0.25, 0.3) is 5.91 Å². The maximum atomic E-state index is 12.5. The van der Waals surface area contributed by atoms with Gasteiger partial charge in [-0.1, -0.05) is 17.7 Å². The third-order valence-corrected chi connectivity index (χ3v) is 4.34. The number of carbonyl (C=O) groups excluding carboxylic acids is 1. The molecule has 0 N–H and O–H groups in total. The molecule has 0 spiro atoms. The Balaban J connectivity index is 1.49. The zero-order chi connectivity index (χ0) is 16.9. The molecule has 0 radical (unpaired) electrons. The Morgan fingerprint density at radius 1 is 1.25 bits per heavy atom. The zero-order valence-corrected chi connectivity index (χ0v) is 14.4. The molecule has 128 valence electrons. The second-order valence-corrected chi connectivity index (χ2v) is 6.33. The molecule has 2 heterocycles. The van der Waals surface area contributed by atoms with Crippen LogP contribution in [0.25, 0.3) is 0 Å². The molecule has 1 aliphatic heterocycles. The monoisotopic (exact) mass is 348 g/mol. The van der Waals surface area contributed by atoms with Gasteiger partial charge in [0.05, 0.1) is 12.8 Å². The first-order valence-corrected chi connectivity index (χ1v) is 8.45. The van der Waals surface area contributed by atoms with Gasteiger partial charge < -0.3 is 14.1 Å². The predicted octanol–water partition coefficient (Wildman–Crippen LogP) is 3.04. The number of benzene rings is 1. The molecule has 1 fully saturated rings. The van der Waals surface area contributed by atoms with Crippen molar-refractivity contribution in [2.24, 2.45) is 0 Å². The summed E-state index contributed by atoms with van der Waals surface area (Å²) in [5.41, 5.74) is 0. The number of furan rings is 1. The van der Waals surface area contributed by atoms with Gasteiger partial charge >= 0.3 is 0 Å². The summed E-state index contributed by atoms with van der Waals surface area (Å²) in [5, 5.41) is 0.596. The smallest absolute Gasteiger partial charge is 0.263 e. The number of halogens is 1. The molecule has 1 aromatic heterocycles. The Bertz CT molecular complexity index is 667. The van der Waals surface area contributed by atoms with E-state index in [0.717, 1.165) is 25.4 Å². The molecular formula is C18H21ClN2O3. The lowest BCUT2D eigenvalue weighted by Gasteiger charge is -2.35. The van der Waals surface area contributed by atoms with E-state index in [1.54, 1.807) is 31.4 Å². The Labute approximate surface area is 146 Å². The molecule has 1 aliphatic rings. The third-order valence-electron chi connectivity index (χ3n) is 4.10. The first kappa shape index (κ1) is 16.9. The highest BCUT2D eigenvalue weighted by Crippen LogP contribution is 2.19. The quantitative estimate of drug-likeness (QED) is 0.833. The van der Waals surface area contributed by atoms with Crippen molar-refractivity contribution in [3.05, 3.63) is 53.4 Å². The second-order valence-electron chi connectivity index (χ2n) is 5.90. The Kier molecular flexibility index (Phi) is 5.43. The summed E-state index contributed by atoms with van der Waals surface area (Å²) in [6.07, 6.45) is 1.16. The van der Waals surface area contributed by atoms with Gasteiger partial charge in [-0.3, -0.25) is 9.69 Å². The van der Waals surface area contributed by atoms with Gasteiger partial charge in [-0.05, 0) is 37.3 Å². The number of nitrogens with zero attached hydrogens (tertiary/aromatic N) is 2. The fourth-order valence-electron chi connectivity index (χ4n) is 2.80. The normalized spacial score (nSPS) is 16.8. The fraction of sp³-hybridized carbons (Fsp3) is 0.389. The summed E-state index contributed by atoms with van der Waals surface area (Å²) in [6, 6.07) is 11.0. The standard InChI is InChI=1S/C18H21ClN2O3/c1-14(24-16-5-2-4-15(19)12-16)18(22)21-9-7-20(8-10-21)13-17-6-3-11-23-17/h2-6,11-12,14H,7-10,13H2,1H3/t14-/m0/s1.